The molecule has 0 aliphatic rings. The summed E-state index contributed by atoms with van der Waals surface area (Å²) in [6.45, 7) is 0. The Kier molecular flexibility index (Phi) is 4.62. The van der Waals surface area contributed by atoms with Gasteiger partial charge in [-0.25, -0.2) is 22.0 Å². The molecular weight excluding hydrogens is 415 g/mol. The molecule has 0 spiro atoms. The van der Waals surface area contributed by atoms with E-state index in [0.29, 0.717) is 0 Å². The number of benzene rings is 1. The van der Waals surface area contributed by atoms with E-state index in [-0.39, 0.29) is 27.3 Å². The molecule has 0 N–H and O–H groups in total. The predicted octanol–water partition coefficient (Wildman–Crippen LogP) is 0.365. The van der Waals surface area contributed by atoms with Gasteiger partial charge in [-0.15, -0.1) is 0 Å². The van der Waals surface area contributed by atoms with Gasteiger partial charge in [-0.05, 0) is 0 Å². The van der Waals surface area contributed by atoms with Gasteiger partial charge in [0, 0.05) is 0 Å². The van der Waals surface area contributed by atoms with Crippen molar-refractivity contribution in [1.29, 1.82) is 0 Å². The number of carboxylic acid groups (broad SMARTS) is 1. The van der Waals surface area contributed by atoms with Crippen molar-refractivity contribution < 1.29 is 31.9 Å². The van der Waals surface area contributed by atoms with Gasteiger partial charge in [0.05, 0.1) is 11.5 Å². The van der Waals surface area contributed by atoms with Crippen molar-refractivity contribution >= 4 is 33.3 Å². The van der Waals surface area contributed by atoms with E-state index in [2.05, 4.69) is 0 Å². The Labute approximate surface area is 99.9 Å². The van der Waals surface area contributed by atoms with E-state index < -0.39 is 40.6 Å². The van der Waals surface area contributed by atoms with Crippen LogP contribution in [-0.2, 0) is 0 Å². The number of hydrogen-bond donors (Lipinski definition) is 0. The Hall–Kier alpha value is -0.738. The zero-order valence-electron chi connectivity index (χ0n) is 6.78. The van der Waals surface area contributed by atoms with E-state index in [4.69, 9.17) is 0 Å². The van der Waals surface area contributed by atoms with Crippen LogP contribution in [0.1, 0.15) is 10.4 Å². The summed E-state index contributed by atoms with van der Waals surface area (Å²) in [5.41, 5.74) is -1.97. The average molecular weight is 415 g/mol. The number of halogens is 5. The monoisotopic (exact) mass is 416 g/mol. The molecule has 1 aromatic rings. The molecule has 2 nitrogen and oxygen atoms in total. The van der Waals surface area contributed by atoms with Crippen molar-refractivity contribution in [2.75, 3.05) is 0 Å². The van der Waals surface area contributed by atoms with E-state index in [1.165, 1.54) is 0 Å². The fourth-order valence-corrected chi connectivity index (χ4v) is 0.784. The molecule has 0 aliphatic heterocycles. The summed E-state index contributed by atoms with van der Waals surface area (Å²) in [4.78, 5) is 10.0. The van der Waals surface area contributed by atoms with Crippen molar-refractivity contribution in [3.05, 3.63) is 34.6 Å². The topological polar surface area (TPSA) is 40.1 Å². The summed E-state index contributed by atoms with van der Waals surface area (Å²) in [5, 5.41) is 10.0. The third-order valence-corrected chi connectivity index (χ3v) is 1.41. The van der Waals surface area contributed by atoms with Crippen LogP contribution in [0, 0.1) is 29.1 Å². The first-order chi connectivity index (χ1) is 6.37. The van der Waals surface area contributed by atoms with E-state index in [0.717, 1.165) is 0 Å². The standard InChI is InChI=1S/C7HF5O2.Tl/c8-2-1(7(13)14)3(9)5(11)6(12)4(2)10;/h(H,13,14);/q;+1/p-1. The Balaban J connectivity index is 0.00000196. The SMILES string of the molecule is O=C([O-])c1c(F)c(F)c(F)c(F)c1F.[Tl+]. The van der Waals surface area contributed by atoms with Gasteiger partial charge in [0.25, 0.3) is 0 Å². The van der Waals surface area contributed by atoms with Crippen LogP contribution in [0.25, 0.3) is 0 Å². The fourth-order valence-electron chi connectivity index (χ4n) is 0.784. The van der Waals surface area contributed by atoms with E-state index in [1.807, 2.05) is 0 Å². The minimum absolute atomic E-state index is 0. The molecule has 1 aromatic carbocycles. The van der Waals surface area contributed by atoms with Gasteiger partial charge >= 0.3 is 27.3 Å². The van der Waals surface area contributed by atoms with Crippen molar-refractivity contribution in [3.63, 3.8) is 0 Å². The molecule has 15 heavy (non-hydrogen) atoms. The molecule has 1 rings (SSSR count). The minimum Gasteiger partial charge on any atom is -0.545 e. The Morgan fingerprint density at radius 2 is 1.07 bits per heavy atom. The number of aromatic carboxylic acids is 1. The van der Waals surface area contributed by atoms with Crippen molar-refractivity contribution in [3.8, 4) is 0 Å². The first kappa shape index (κ1) is 14.3. The third-order valence-electron chi connectivity index (χ3n) is 1.41. The molecule has 0 aromatic heterocycles. The van der Waals surface area contributed by atoms with Crippen LogP contribution in [0.3, 0.4) is 0 Å². The van der Waals surface area contributed by atoms with Gasteiger partial charge in [-0.1, -0.05) is 0 Å². The number of carboxylic acids is 1. The maximum absolute atomic E-state index is 12.5. The Morgan fingerprint density at radius 1 is 0.800 bits per heavy atom. The largest absolute Gasteiger partial charge is 1.00 e. The van der Waals surface area contributed by atoms with Crippen LogP contribution >= 0.6 is 0 Å². The van der Waals surface area contributed by atoms with Gasteiger partial charge in [0.15, 0.2) is 23.3 Å². The summed E-state index contributed by atoms with van der Waals surface area (Å²) in [5.74, 6) is -14.4. The molecular formula is C7F5O2Tl. The summed E-state index contributed by atoms with van der Waals surface area (Å²) in [6, 6.07) is 0. The zero-order valence-corrected chi connectivity index (χ0v) is 11.3. The molecule has 0 unspecified atom stereocenters. The van der Waals surface area contributed by atoms with Crippen LogP contribution < -0.4 is 5.11 Å². The molecule has 0 radical (unpaired) electrons. The number of carbonyl (C=O) groups is 1. The number of hydrogen-bond acceptors (Lipinski definition) is 2. The average Bonchev–Trinajstić information content (AvgIpc) is 2.11. The van der Waals surface area contributed by atoms with Gasteiger partial charge in [0.2, 0.25) is 5.82 Å². The van der Waals surface area contributed by atoms with Crippen molar-refractivity contribution in [2.45, 2.75) is 0 Å². The maximum Gasteiger partial charge on any atom is 1.00 e. The van der Waals surface area contributed by atoms with Crippen molar-refractivity contribution in [2.24, 2.45) is 0 Å². The van der Waals surface area contributed by atoms with Crippen LogP contribution in [0.5, 0.6) is 0 Å². The summed E-state index contributed by atoms with van der Waals surface area (Å²) in [7, 11) is 0. The van der Waals surface area contributed by atoms with Crippen LogP contribution in [0.4, 0.5) is 22.0 Å². The number of rotatable bonds is 1. The van der Waals surface area contributed by atoms with E-state index in [9.17, 15) is 31.9 Å². The first-order valence-electron chi connectivity index (χ1n) is 3.10. The summed E-state index contributed by atoms with van der Waals surface area (Å²) < 4.78 is 62.0. The fraction of sp³-hybridized carbons (Fsp3) is 0. The van der Waals surface area contributed by atoms with Gasteiger partial charge in [-0.2, -0.15) is 0 Å². The Morgan fingerprint density at radius 3 is 1.33 bits per heavy atom. The molecule has 0 fully saturated rings. The van der Waals surface area contributed by atoms with Gasteiger partial charge < -0.3 is 9.90 Å². The Bertz CT molecular complexity index is 391. The summed E-state index contributed by atoms with van der Waals surface area (Å²) >= 11 is 0. The molecule has 78 valence electrons. The molecule has 0 atom stereocenters. The zero-order chi connectivity index (χ0) is 11.0. The predicted molar refractivity (Wildman–Crippen MR) is 36.3 cm³/mol. The summed E-state index contributed by atoms with van der Waals surface area (Å²) in [6.07, 6.45) is 0. The van der Waals surface area contributed by atoms with E-state index in [1.54, 1.807) is 0 Å². The normalized spacial score (nSPS) is 9.67. The molecule has 0 aliphatic carbocycles. The quantitative estimate of drug-likeness (QED) is 0.288. The van der Waals surface area contributed by atoms with Crippen LogP contribution in [0.15, 0.2) is 0 Å². The second-order valence-corrected chi connectivity index (χ2v) is 2.23. The number of carbonyl (C=O) groups excluding carboxylic acids is 1. The van der Waals surface area contributed by atoms with Crippen molar-refractivity contribution in [1.82, 2.24) is 0 Å². The third kappa shape index (κ3) is 2.26. The molecule has 0 amide bonds. The molecule has 0 heterocycles. The smallest absolute Gasteiger partial charge is 0.545 e. The van der Waals surface area contributed by atoms with Crippen LogP contribution in [-0.4, -0.2) is 33.3 Å². The van der Waals surface area contributed by atoms with Gasteiger partial charge in [0.1, 0.15) is 0 Å². The molecule has 8 heteroatoms. The first-order valence-corrected chi connectivity index (χ1v) is 3.10. The maximum atomic E-state index is 12.5. The molecule has 0 bridgehead atoms. The minimum atomic E-state index is -2.47. The second-order valence-electron chi connectivity index (χ2n) is 2.23. The van der Waals surface area contributed by atoms with Gasteiger partial charge in [-0.3, -0.25) is 0 Å². The molecule has 0 saturated heterocycles. The second kappa shape index (κ2) is 4.86. The van der Waals surface area contributed by atoms with E-state index >= 15 is 0 Å². The van der Waals surface area contributed by atoms with Crippen LogP contribution in [0.2, 0.25) is 0 Å². The molecule has 0 saturated carbocycles.